The number of halogens is 5. The maximum Gasteiger partial charge on any atom is 0.455 e. The van der Waals surface area contributed by atoms with Gasteiger partial charge in [-0.1, -0.05) is 82.6 Å². The molecule has 0 radical (unpaired) electrons. The average molecular weight is 679 g/mol. The number of ether oxygens (including phenoxy) is 4. The molecule has 3 rings (SSSR count). The number of carbonyl (C=O) groups excluding carboxylic acids is 2. The van der Waals surface area contributed by atoms with Crippen LogP contribution in [-0.4, -0.2) is 50.0 Å². The summed E-state index contributed by atoms with van der Waals surface area (Å²) < 4.78 is 83.2. The fourth-order valence-electron chi connectivity index (χ4n) is 4.69. The summed E-state index contributed by atoms with van der Waals surface area (Å²) in [7, 11) is 0. The Bertz CT molecular complexity index is 1390. The van der Waals surface area contributed by atoms with Crippen molar-refractivity contribution in [2.75, 3.05) is 19.8 Å². The fourth-order valence-corrected chi connectivity index (χ4v) is 4.69. The second-order valence-electron chi connectivity index (χ2n) is 11.6. The number of hydrogen-bond acceptors (Lipinski definition) is 6. The summed E-state index contributed by atoms with van der Waals surface area (Å²) >= 11 is 0. The minimum absolute atomic E-state index is 0.0477. The van der Waals surface area contributed by atoms with Crippen LogP contribution in [0.15, 0.2) is 72.8 Å². The first-order valence-electron chi connectivity index (χ1n) is 16.3. The molecular weight excluding hydrogens is 635 g/mol. The standard InChI is InChI=1S/C37H43F5O6/c1-3-4-5-6-7-8-9-10-11-24-46-32-20-16-29(17-21-32)28-12-14-30(15-13-28)35(44)48-33-22-18-31(19-23-33)34(43)47-27(2)25-45-26-36(38,39)37(40,41)42/h12-23,27H,3-11,24-26H2,1-2H3/t27-/m1/s1. The molecule has 0 bridgehead atoms. The SMILES string of the molecule is CCCCCCCCCCCOc1ccc(-c2ccc(C(=O)Oc3ccc(C(=O)O[C@H](C)COCC(F)(F)C(F)(F)F)cc3)cc2)cc1. The van der Waals surface area contributed by atoms with Crippen molar-refractivity contribution in [3.63, 3.8) is 0 Å². The smallest absolute Gasteiger partial charge is 0.455 e. The van der Waals surface area contributed by atoms with E-state index in [2.05, 4.69) is 11.7 Å². The van der Waals surface area contributed by atoms with Crippen molar-refractivity contribution in [3.8, 4) is 22.6 Å². The second kappa shape index (κ2) is 19.1. The summed E-state index contributed by atoms with van der Waals surface area (Å²) in [6.07, 6.45) is 4.51. The zero-order chi connectivity index (χ0) is 35.0. The van der Waals surface area contributed by atoms with Gasteiger partial charge in [-0.15, -0.1) is 0 Å². The average Bonchev–Trinajstić information content (AvgIpc) is 3.05. The number of hydrogen-bond donors (Lipinski definition) is 0. The quantitative estimate of drug-likeness (QED) is 0.0513. The Morgan fingerprint density at radius 1 is 0.646 bits per heavy atom. The molecule has 0 amide bonds. The van der Waals surface area contributed by atoms with Gasteiger partial charge in [-0.05, 0) is 73.0 Å². The van der Waals surface area contributed by atoms with E-state index in [1.807, 2.05) is 36.4 Å². The lowest BCUT2D eigenvalue weighted by Crippen LogP contribution is -2.41. The Balaban J connectivity index is 1.39. The highest BCUT2D eigenvalue weighted by molar-refractivity contribution is 5.92. The molecule has 0 heterocycles. The zero-order valence-electron chi connectivity index (χ0n) is 27.3. The first-order valence-corrected chi connectivity index (χ1v) is 16.3. The Labute approximate surface area is 278 Å². The molecule has 0 N–H and O–H groups in total. The Hall–Kier alpha value is -3.99. The lowest BCUT2D eigenvalue weighted by molar-refractivity contribution is -0.297. The third-order valence-electron chi connectivity index (χ3n) is 7.48. The van der Waals surface area contributed by atoms with E-state index in [4.69, 9.17) is 14.2 Å². The molecule has 48 heavy (non-hydrogen) atoms. The summed E-state index contributed by atoms with van der Waals surface area (Å²) in [5.74, 6) is -5.52. The van der Waals surface area contributed by atoms with Gasteiger partial charge in [-0.2, -0.15) is 22.0 Å². The van der Waals surface area contributed by atoms with Crippen molar-refractivity contribution in [2.24, 2.45) is 0 Å². The van der Waals surface area contributed by atoms with Gasteiger partial charge in [0.1, 0.15) is 24.2 Å². The first kappa shape index (κ1) is 38.5. The fraction of sp³-hybridized carbons (Fsp3) is 0.459. The summed E-state index contributed by atoms with van der Waals surface area (Å²) in [5.41, 5.74) is 2.24. The highest BCUT2D eigenvalue weighted by Crippen LogP contribution is 2.35. The Morgan fingerprint density at radius 2 is 1.12 bits per heavy atom. The topological polar surface area (TPSA) is 71.1 Å². The Morgan fingerprint density at radius 3 is 1.69 bits per heavy atom. The molecule has 0 unspecified atom stereocenters. The third-order valence-corrected chi connectivity index (χ3v) is 7.48. The van der Waals surface area contributed by atoms with Gasteiger partial charge in [0.05, 0.1) is 24.3 Å². The van der Waals surface area contributed by atoms with Crippen LogP contribution < -0.4 is 9.47 Å². The third kappa shape index (κ3) is 12.9. The van der Waals surface area contributed by atoms with Gasteiger partial charge in [-0.25, -0.2) is 9.59 Å². The minimum atomic E-state index is -5.74. The number of rotatable bonds is 20. The van der Waals surface area contributed by atoms with Gasteiger partial charge in [0.2, 0.25) is 0 Å². The normalized spacial score (nSPS) is 12.4. The van der Waals surface area contributed by atoms with Crippen LogP contribution in [0.25, 0.3) is 11.1 Å². The van der Waals surface area contributed by atoms with E-state index in [1.54, 1.807) is 12.1 Å². The maximum absolute atomic E-state index is 12.9. The highest BCUT2D eigenvalue weighted by Gasteiger charge is 2.57. The molecule has 0 spiro atoms. The van der Waals surface area contributed by atoms with Crippen LogP contribution in [0.4, 0.5) is 22.0 Å². The molecule has 0 saturated carbocycles. The first-order chi connectivity index (χ1) is 22.9. The van der Waals surface area contributed by atoms with E-state index in [1.165, 1.54) is 82.6 Å². The van der Waals surface area contributed by atoms with Crippen LogP contribution in [0.2, 0.25) is 0 Å². The van der Waals surface area contributed by atoms with Gasteiger partial charge in [0, 0.05) is 0 Å². The van der Waals surface area contributed by atoms with Crippen molar-refractivity contribution in [2.45, 2.75) is 89.8 Å². The van der Waals surface area contributed by atoms with Crippen LogP contribution >= 0.6 is 0 Å². The van der Waals surface area contributed by atoms with Gasteiger partial charge in [0.15, 0.2) is 0 Å². The lowest BCUT2D eigenvalue weighted by atomic mass is 10.0. The molecular formula is C37H43F5O6. The number of unbranched alkanes of at least 4 members (excludes halogenated alkanes) is 8. The van der Waals surface area contributed by atoms with E-state index < -0.39 is 43.4 Å². The van der Waals surface area contributed by atoms with E-state index in [-0.39, 0.29) is 11.3 Å². The molecule has 3 aromatic carbocycles. The summed E-state index contributed by atoms with van der Waals surface area (Å²) in [4.78, 5) is 25.0. The highest BCUT2D eigenvalue weighted by atomic mass is 19.4. The molecule has 0 aliphatic rings. The van der Waals surface area contributed by atoms with Crippen LogP contribution in [0, 0.1) is 0 Å². The molecule has 3 aromatic rings. The second-order valence-corrected chi connectivity index (χ2v) is 11.6. The van der Waals surface area contributed by atoms with Crippen molar-refractivity contribution in [1.29, 1.82) is 0 Å². The molecule has 0 fully saturated rings. The summed E-state index contributed by atoms with van der Waals surface area (Å²) in [6, 6.07) is 20.1. The molecule has 262 valence electrons. The van der Waals surface area contributed by atoms with Crippen molar-refractivity contribution in [1.82, 2.24) is 0 Å². The Kier molecular flexibility index (Phi) is 15.3. The van der Waals surface area contributed by atoms with Gasteiger partial charge < -0.3 is 18.9 Å². The van der Waals surface area contributed by atoms with Gasteiger partial charge >= 0.3 is 24.0 Å². The summed E-state index contributed by atoms with van der Waals surface area (Å²) in [6.45, 7) is 1.66. The predicted molar refractivity (Wildman–Crippen MR) is 173 cm³/mol. The molecule has 0 aromatic heterocycles. The van der Waals surface area contributed by atoms with E-state index in [0.29, 0.717) is 12.2 Å². The minimum Gasteiger partial charge on any atom is -0.494 e. The maximum atomic E-state index is 12.9. The van der Waals surface area contributed by atoms with E-state index >= 15 is 0 Å². The molecule has 11 heteroatoms. The molecule has 0 aliphatic carbocycles. The lowest BCUT2D eigenvalue weighted by Gasteiger charge is -2.20. The molecule has 6 nitrogen and oxygen atoms in total. The van der Waals surface area contributed by atoms with Crippen molar-refractivity contribution < 1.29 is 50.5 Å². The zero-order valence-corrected chi connectivity index (χ0v) is 27.3. The molecule has 0 saturated heterocycles. The van der Waals surface area contributed by atoms with Gasteiger partial charge in [-0.3, -0.25) is 0 Å². The van der Waals surface area contributed by atoms with Gasteiger partial charge in [0.25, 0.3) is 0 Å². The number of carbonyl (C=O) groups is 2. The van der Waals surface area contributed by atoms with Crippen LogP contribution in [0.3, 0.4) is 0 Å². The largest absolute Gasteiger partial charge is 0.494 e. The van der Waals surface area contributed by atoms with Crippen molar-refractivity contribution >= 4 is 11.9 Å². The van der Waals surface area contributed by atoms with Crippen LogP contribution in [0.5, 0.6) is 11.5 Å². The van der Waals surface area contributed by atoms with Crippen LogP contribution in [-0.2, 0) is 9.47 Å². The van der Waals surface area contributed by atoms with E-state index in [0.717, 1.165) is 23.3 Å². The number of esters is 2. The van der Waals surface area contributed by atoms with E-state index in [9.17, 15) is 31.5 Å². The molecule has 0 aliphatic heterocycles. The summed E-state index contributed by atoms with van der Waals surface area (Å²) in [5, 5.41) is 0. The monoisotopic (exact) mass is 678 g/mol. The number of alkyl halides is 5. The van der Waals surface area contributed by atoms with Crippen LogP contribution in [0.1, 0.15) is 92.4 Å². The predicted octanol–water partition coefficient (Wildman–Crippen LogP) is 10.2. The number of benzene rings is 3. The van der Waals surface area contributed by atoms with Crippen molar-refractivity contribution in [3.05, 3.63) is 83.9 Å². The molecule has 1 atom stereocenters.